The number of allylic oxidation sites excluding steroid dienone is 4. The zero-order valence-corrected chi connectivity index (χ0v) is 21.4. The van der Waals surface area contributed by atoms with Crippen molar-refractivity contribution in [1.82, 2.24) is 0 Å². The molecule has 5 aliphatic rings. The van der Waals surface area contributed by atoms with Gasteiger partial charge in [-0.25, -0.2) is 0 Å². The first-order valence-electron chi connectivity index (χ1n) is 12.7. The van der Waals surface area contributed by atoms with Crippen LogP contribution in [0.2, 0.25) is 0 Å². The normalized spacial score (nSPS) is 44.5. The number of rotatable bonds is 2. The minimum Gasteiger partial charge on any atom is -0.393 e. The number of halogens is 3. The van der Waals surface area contributed by atoms with Gasteiger partial charge in [-0.2, -0.15) is 13.2 Å². The predicted octanol–water partition coefficient (Wildman–Crippen LogP) is 5.20. The van der Waals surface area contributed by atoms with Crippen molar-refractivity contribution in [2.75, 3.05) is 0 Å². The molecular formula is C28H29F3O5S. The first-order chi connectivity index (χ1) is 17.3. The Bertz CT molecular complexity index is 1230. The number of alkyl halides is 3. The summed E-state index contributed by atoms with van der Waals surface area (Å²) in [6.07, 6.45) is 0.644. The lowest BCUT2D eigenvalue weighted by molar-refractivity contribution is -0.194. The Morgan fingerprint density at radius 2 is 1.89 bits per heavy atom. The van der Waals surface area contributed by atoms with Gasteiger partial charge in [-0.15, -0.1) is 12.6 Å². The van der Waals surface area contributed by atoms with Crippen molar-refractivity contribution in [2.24, 2.45) is 28.6 Å². The second-order valence-corrected chi connectivity index (χ2v) is 12.1. The summed E-state index contributed by atoms with van der Waals surface area (Å²) in [6, 6.07) is 4.56. The maximum absolute atomic E-state index is 13.2. The van der Waals surface area contributed by atoms with Crippen molar-refractivity contribution in [2.45, 2.75) is 69.8 Å². The Hall–Kier alpha value is -1.94. The highest BCUT2D eigenvalue weighted by Gasteiger charge is 2.75. The van der Waals surface area contributed by atoms with Crippen molar-refractivity contribution >= 4 is 23.5 Å². The van der Waals surface area contributed by atoms with Gasteiger partial charge in [-0.05, 0) is 61.8 Å². The van der Waals surface area contributed by atoms with E-state index in [9.17, 15) is 27.9 Å². The third-order valence-electron chi connectivity index (χ3n) is 10.1. The van der Waals surface area contributed by atoms with E-state index in [1.165, 1.54) is 12.1 Å². The Labute approximate surface area is 218 Å². The van der Waals surface area contributed by atoms with E-state index in [2.05, 4.69) is 19.6 Å². The van der Waals surface area contributed by atoms with E-state index in [4.69, 9.17) is 9.47 Å². The molecule has 0 bridgehead atoms. The minimum absolute atomic E-state index is 0.0000385. The van der Waals surface area contributed by atoms with Gasteiger partial charge in [0.25, 0.3) is 0 Å². The Balaban J connectivity index is 1.34. The highest BCUT2D eigenvalue weighted by molar-refractivity contribution is 7.96. The van der Waals surface area contributed by atoms with Gasteiger partial charge in [0.15, 0.2) is 17.7 Å². The number of hydrogen-bond acceptors (Lipinski definition) is 5. The SMILES string of the molecule is C[C@]12C=CC(=O)C=C1CC[C@@H]1[C@@H]2[C@@H](O)C[C@@]2(C)[C@H]1C[C@H]1OC(c3ccc(C(F)(F)F)cc3)O[C@]12C(=O)S. The molecule has 1 aliphatic heterocycles. The molecule has 9 atom stereocenters. The zero-order valence-electron chi connectivity index (χ0n) is 20.5. The summed E-state index contributed by atoms with van der Waals surface area (Å²) in [5.74, 6) is -0.0840. The number of carbonyl (C=O) groups is 2. The summed E-state index contributed by atoms with van der Waals surface area (Å²) in [7, 11) is 0. The molecule has 1 aromatic carbocycles. The number of benzene rings is 1. The molecular weight excluding hydrogens is 505 g/mol. The average molecular weight is 535 g/mol. The Morgan fingerprint density at radius 1 is 1.19 bits per heavy atom. The monoisotopic (exact) mass is 534 g/mol. The standard InChI is InChI=1S/C28H29F3O5S/c1-25-10-9-17(32)11-16(25)7-8-18-19-12-21-27(24(34)37,26(19,2)13-20(33)22(18)25)36-23(35-21)14-3-5-15(6-4-14)28(29,30)31/h3-6,9-11,18-23,33H,7-8,12-13H2,1-2H3,(H,34,37)/t18-,19-,20-,21+,22+,23?,25-,26-,27-/m0/s1. The molecule has 6 rings (SSSR count). The molecule has 5 nitrogen and oxygen atoms in total. The van der Waals surface area contributed by atoms with Crippen LogP contribution in [-0.2, 0) is 25.2 Å². The van der Waals surface area contributed by atoms with Crippen molar-refractivity contribution in [3.63, 3.8) is 0 Å². The molecule has 198 valence electrons. The number of hydrogen-bond donors (Lipinski definition) is 2. The van der Waals surface area contributed by atoms with Gasteiger partial charge in [0.1, 0.15) is 0 Å². The molecule has 4 aliphatic carbocycles. The van der Waals surface area contributed by atoms with Crippen molar-refractivity contribution < 1.29 is 37.3 Å². The molecule has 1 saturated heterocycles. The summed E-state index contributed by atoms with van der Waals surface area (Å²) in [5, 5.41) is 11.1. The smallest absolute Gasteiger partial charge is 0.393 e. The van der Waals surface area contributed by atoms with Gasteiger partial charge in [-0.1, -0.05) is 37.6 Å². The van der Waals surface area contributed by atoms with Crippen LogP contribution in [0.25, 0.3) is 0 Å². The molecule has 1 heterocycles. The third kappa shape index (κ3) is 3.36. The van der Waals surface area contributed by atoms with Crippen molar-refractivity contribution in [3.05, 3.63) is 59.2 Å². The van der Waals surface area contributed by atoms with E-state index in [-0.39, 0.29) is 30.0 Å². The Morgan fingerprint density at radius 3 is 2.54 bits per heavy atom. The largest absolute Gasteiger partial charge is 0.416 e. The second-order valence-electron chi connectivity index (χ2n) is 11.7. The molecule has 9 heteroatoms. The van der Waals surface area contributed by atoms with E-state index in [1.807, 2.05) is 13.0 Å². The van der Waals surface area contributed by atoms with Crippen LogP contribution < -0.4 is 0 Å². The average Bonchev–Trinajstić information content (AvgIpc) is 3.32. The van der Waals surface area contributed by atoms with E-state index < -0.39 is 51.8 Å². The summed E-state index contributed by atoms with van der Waals surface area (Å²) in [6.45, 7) is 4.03. The number of aliphatic hydroxyl groups excluding tert-OH is 1. The number of ether oxygens (including phenoxy) is 2. The fourth-order valence-corrected chi connectivity index (χ4v) is 8.87. The summed E-state index contributed by atoms with van der Waals surface area (Å²) in [4.78, 5) is 25.3. The van der Waals surface area contributed by atoms with E-state index in [0.717, 1.165) is 30.5 Å². The highest BCUT2D eigenvalue weighted by Crippen LogP contribution is 2.70. The molecule has 4 fully saturated rings. The quantitative estimate of drug-likeness (QED) is 0.510. The van der Waals surface area contributed by atoms with Gasteiger partial charge in [0, 0.05) is 22.3 Å². The summed E-state index contributed by atoms with van der Waals surface area (Å²) >= 11 is 4.25. The predicted molar refractivity (Wildman–Crippen MR) is 130 cm³/mol. The number of ketones is 1. The van der Waals surface area contributed by atoms with Gasteiger partial charge in [-0.3, -0.25) is 9.59 Å². The zero-order chi connectivity index (χ0) is 26.5. The van der Waals surface area contributed by atoms with E-state index in [0.29, 0.717) is 12.0 Å². The molecule has 37 heavy (non-hydrogen) atoms. The number of aliphatic hydroxyl groups is 1. The van der Waals surface area contributed by atoms with Crippen LogP contribution in [-0.4, -0.2) is 33.8 Å². The minimum atomic E-state index is -4.46. The van der Waals surface area contributed by atoms with Crippen molar-refractivity contribution in [1.29, 1.82) is 0 Å². The van der Waals surface area contributed by atoms with E-state index >= 15 is 0 Å². The van der Waals surface area contributed by atoms with Crippen LogP contribution in [0.5, 0.6) is 0 Å². The maximum atomic E-state index is 13.2. The lowest BCUT2D eigenvalue weighted by Gasteiger charge is -2.59. The number of thiol groups is 1. The second kappa shape index (κ2) is 8.04. The van der Waals surface area contributed by atoms with Crippen LogP contribution in [0, 0.1) is 28.6 Å². The third-order valence-corrected chi connectivity index (χ3v) is 10.4. The molecule has 0 aromatic heterocycles. The van der Waals surface area contributed by atoms with Gasteiger partial charge >= 0.3 is 6.18 Å². The lowest BCUT2D eigenvalue weighted by atomic mass is 9.46. The molecule has 1 unspecified atom stereocenters. The fraction of sp³-hybridized carbons (Fsp3) is 0.571. The van der Waals surface area contributed by atoms with Gasteiger partial charge in [0.2, 0.25) is 5.12 Å². The summed E-state index contributed by atoms with van der Waals surface area (Å²) < 4.78 is 51.8. The molecule has 1 aromatic rings. The van der Waals surface area contributed by atoms with Gasteiger partial charge in [0.05, 0.1) is 17.8 Å². The first-order valence-corrected chi connectivity index (χ1v) is 13.1. The molecule has 1 N–H and O–H groups in total. The van der Waals surface area contributed by atoms with Crippen LogP contribution in [0.4, 0.5) is 13.2 Å². The summed E-state index contributed by atoms with van der Waals surface area (Å²) in [5.41, 5.74) is -2.02. The first kappa shape index (κ1) is 25.3. The number of fused-ring (bicyclic) bond motifs is 7. The molecule has 3 saturated carbocycles. The Kier molecular flexibility index (Phi) is 5.50. The topological polar surface area (TPSA) is 72.8 Å². The van der Waals surface area contributed by atoms with Crippen LogP contribution >= 0.6 is 12.6 Å². The maximum Gasteiger partial charge on any atom is 0.416 e. The number of carbonyl (C=O) groups excluding carboxylic acids is 2. The molecule has 0 amide bonds. The van der Waals surface area contributed by atoms with Gasteiger partial charge < -0.3 is 14.6 Å². The lowest BCUT2D eigenvalue weighted by Crippen LogP contribution is -2.62. The van der Waals surface area contributed by atoms with Crippen molar-refractivity contribution in [3.8, 4) is 0 Å². The highest BCUT2D eigenvalue weighted by atomic mass is 32.1. The van der Waals surface area contributed by atoms with Crippen LogP contribution in [0.1, 0.15) is 56.9 Å². The fourth-order valence-electron chi connectivity index (χ4n) is 8.41. The van der Waals surface area contributed by atoms with E-state index in [1.54, 1.807) is 12.2 Å². The van der Waals surface area contributed by atoms with Crippen LogP contribution in [0.15, 0.2) is 48.1 Å². The van der Waals surface area contributed by atoms with Crippen LogP contribution in [0.3, 0.4) is 0 Å². The molecule has 0 radical (unpaired) electrons. The molecule has 0 spiro atoms.